The van der Waals surface area contributed by atoms with Gasteiger partial charge in [0.15, 0.2) is 11.6 Å². The number of Topliss-reactive ketones (excluding diaryl/α,β-unsaturated/α-hetero) is 2. The largest absolute Gasteiger partial charge is 0.444 e. The van der Waals surface area contributed by atoms with Gasteiger partial charge in [0.2, 0.25) is 11.8 Å². The van der Waals surface area contributed by atoms with Crippen molar-refractivity contribution in [2.75, 3.05) is 0 Å². The smallest absolute Gasteiger partial charge is 0.205 e. The van der Waals surface area contributed by atoms with Gasteiger partial charge in [-0.05, 0) is 114 Å². The second kappa shape index (κ2) is 12.3. The number of rotatable bonds is 4. The molecule has 0 spiro atoms. The van der Waals surface area contributed by atoms with E-state index in [2.05, 4.69) is 52.0 Å². The van der Waals surface area contributed by atoms with Gasteiger partial charge in [-0.3, -0.25) is 9.59 Å². The number of aryl methyl sites for hydroxylation is 4. The van der Waals surface area contributed by atoms with Crippen molar-refractivity contribution in [2.24, 2.45) is 22.3 Å². The number of hydrogen-bond donors (Lipinski definition) is 2. The fourth-order valence-electron chi connectivity index (χ4n) is 9.24. The molecular formula is C43H48N4O4. The van der Waals surface area contributed by atoms with Crippen LogP contribution >= 0.6 is 0 Å². The molecule has 2 aromatic carbocycles. The van der Waals surface area contributed by atoms with E-state index < -0.39 is 11.8 Å². The lowest BCUT2D eigenvalue weighted by atomic mass is 9.68. The lowest BCUT2D eigenvalue weighted by Gasteiger charge is -2.38. The molecular weight excluding hydrogens is 636 g/mol. The maximum atomic E-state index is 13.8. The Labute approximate surface area is 301 Å². The van der Waals surface area contributed by atoms with Crippen molar-refractivity contribution in [2.45, 2.75) is 113 Å². The first kappa shape index (κ1) is 35.7. The highest BCUT2D eigenvalue weighted by Crippen LogP contribution is 2.52. The van der Waals surface area contributed by atoms with Crippen LogP contribution in [-0.4, -0.2) is 11.6 Å². The lowest BCUT2D eigenvalue weighted by Crippen LogP contribution is -2.34. The van der Waals surface area contributed by atoms with Crippen molar-refractivity contribution in [3.05, 3.63) is 113 Å². The molecule has 0 saturated heterocycles. The van der Waals surface area contributed by atoms with E-state index in [0.29, 0.717) is 54.8 Å². The van der Waals surface area contributed by atoms with Crippen LogP contribution < -0.4 is 11.5 Å². The summed E-state index contributed by atoms with van der Waals surface area (Å²) in [5.41, 5.74) is 23.9. The van der Waals surface area contributed by atoms with Crippen LogP contribution in [0.1, 0.15) is 121 Å². The summed E-state index contributed by atoms with van der Waals surface area (Å²) in [5.74, 6) is -0.0824. The predicted octanol–water partition coefficient (Wildman–Crippen LogP) is 8.03. The molecule has 2 atom stereocenters. The zero-order valence-electron chi connectivity index (χ0n) is 31.5. The van der Waals surface area contributed by atoms with Crippen LogP contribution in [0.4, 0.5) is 0 Å². The minimum absolute atomic E-state index is 0.0197. The van der Waals surface area contributed by atoms with Crippen molar-refractivity contribution >= 4 is 11.6 Å². The summed E-state index contributed by atoms with van der Waals surface area (Å²) in [6.07, 6.45) is 2.39. The van der Waals surface area contributed by atoms with Crippen LogP contribution in [0.2, 0.25) is 0 Å². The number of ketones is 2. The molecule has 8 heteroatoms. The molecule has 4 N–H and O–H groups in total. The Balaban J connectivity index is 1.53. The van der Waals surface area contributed by atoms with E-state index in [9.17, 15) is 20.1 Å². The van der Waals surface area contributed by atoms with Crippen molar-refractivity contribution in [3.8, 4) is 12.1 Å². The summed E-state index contributed by atoms with van der Waals surface area (Å²) in [6.45, 7) is 20.5. The van der Waals surface area contributed by atoms with Crippen LogP contribution in [0.15, 0.2) is 57.7 Å². The van der Waals surface area contributed by atoms with Crippen LogP contribution in [0, 0.1) is 75.0 Å². The number of nitrogens with zero attached hydrogens (tertiary/aromatic N) is 2. The van der Waals surface area contributed by atoms with Gasteiger partial charge in [0.05, 0.1) is 11.8 Å². The van der Waals surface area contributed by atoms with Crippen LogP contribution in [0.3, 0.4) is 0 Å². The standard InChI is InChI=1S/C43H48N4O4/c1-20-11-22(3)34(36-28(18-44)40(46)50-32-16-42(7,8)14-30(48)38(32)36)24(5)26(20)13-27-21(2)12-23(4)35(25(27)6)37-29(19-45)41(47)51-33-17-43(9,10)15-31(49)39(33)37/h11-12,36-37H,13-17,46-47H2,1-10H3/t36-,37-/m1/s1. The van der Waals surface area contributed by atoms with E-state index in [1.54, 1.807) is 0 Å². The molecule has 51 heavy (non-hydrogen) atoms. The predicted molar refractivity (Wildman–Crippen MR) is 196 cm³/mol. The first-order valence-electron chi connectivity index (χ1n) is 17.7. The van der Waals surface area contributed by atoms with Gasteiger partial charge in [0.25, 0.3) is 0 Å². The summed E-state index contributed by atoms with van der Waals surface area (Å²) in [6, 6.07) is 8.84. The van der Waals surface area contributed by atoms with E-state index in [1.807, 2.05) is 41.5 Å². The van der Waals surface area contributed by atoms with Crippen molar-refractivity contribution in [1.29, 1.82) is 10.5 Å². The van der Waals surface area contributed by atoms with Gasteiger partial charge in [-0.25, -0.2) is 0 Å². The number of carbonyl (C=O) groups is 2. The molecule has 0 unspecified atom stereocenters. The number of ether oxygens (including phenoxy) is 2. The first-order chi connectivity index (χ1) is 23.8. The van der Waals surface area contributed by atoms with E-state index in [-0.39, 0.29) is 45.3 Å². The molecule has 2 aliphatic carbocycles. The van der Waals surface area contributed by atoms with Gasteiger partial charge in [0.1, 0.15) is 34.8 Å². The molecule has 2 aromatic rings. The maximum Gasteiger partial charge on any atom is 0.205 e. The third-order valence-corrected chi connectivity index (χ3v) is 11.5. The normalized spacial score (nSPS) is 22.6. The number of nitrogens with two attached hydrogens (primary N) is 2. The summed E-state index contributed by atoms with van der Waals surface area (Å²) in [5, 5.41) is 20.8. The average Bonchev–Trinajstić information content (AvgIpc) is 2.98. The number of benzene rings is 2. The second-order valence-electron chi connectivity index (χ2n) is 16.6. The molecule has 2 aliphatic heterocycles. The van der Waals surface area contributed by atoms with Crippen LogP contribution in [0.5, 0.6) is 0 Å². The Morgan fingerprint density at radius 1 is 0.647 bits per heavy atom. The number of allylic oxidation sites excluding steroid dienone is 6. The molecule has 0 fully saturated rings. The third-order valence-electron chi connectivity index (χ3n) is 11.5. The molecule has 264 valence electrons. The molecule has 4 aliphatic rings. The number of nitriles is 2. The fraction of sp³-hybridized carbons (Fsp3) is 0.442. The fourth-order valence-corrected chi connectivity index (χ4v) is 9.24. The summed E-state index contributed by atoms with van der Waals surface area (Å²) >= 11 is 0. The molecule has 0 saturated carbocycles. The summed E-state index contributed by atoms with van der Waals surface area (Å²) in [4.78, 5) is 27.6. The first-order valence-corrected chi connectivity index (χ1v) is 17.7. The number of hydrogen-bond acceptors (Lipinski definition) is 8. The van der Waals surface area contributed by atoms with Crippen LogP contribution in [0.25, 0.3) is 0 Å². The van der Waals surface area contributed by atoms with Crippen LogP contribution in [-0.2, 0) is 25.5 Å². The van der Waals surface area contributed by atoms with E-state index in [4.69, 9.17) is 20.9 Å². The molecule has 0 radical (unpaired) electrons. The van der Waals surface area contributed by atoms with Crippen molar-refractivity contribution in [3.63, 3.8) is 0 Å². The highest BCUT2D eigenvalue weighted by molar-refractivity contribution is 6.01. The average molecular weight is 685 g/mol. The van der Waals surface area contributed by atoms with Gasteiger partial charge < -0.3 is 20.9 Å². The van der Waals surface area contributed by atoms with E-state index >= 15 is 0 Å². The Bertz CT molecular complexity index is 2020. The Hall–Kier alpha value is -5.08. The minimum atomic E-state index is -0.627. The molecule has 0 amide bonds. The zero-order valence-corrected chi connectivity index (χ0v) is 31.5. The highest BCUT2D eigenvalue weighted by Gasteiger charge is 2.46. The number of carbonyl (C=O) groups excluding carboxylic acids is 2. The molecule has 8 nitrogen and oxygen atoms in total. The summed E-state index contributed by atoms with van der Waals surface area (Å²) in [7, 11) is 0. The maximum absolute atomic E-state index is 13.8. The summed E-state index contributed by atoms with van der Waals surface area (Å²) < 4.78 is 12.0. The SMILES string of the molecule is Cc1cc(C)c([C@H]2C(C#N)=C(N)OC3=C2C(=O)CC(C)(C)C3)c(C)c1Cc1c(C)cc(C)c([C@H]2C(C#N)=C(N)OC3=C2C(=O)CC(C)(C)C3)c1C. The molecule has 0 aromatic heterocycles. The Morgan fingerprint density at radius 2 is 1.00 bits per heavy atom. The molecule has 6 rings (SSSR count). The van der Waals surface area contributed by atoms with Crippen molar-refractivity contribution < 1.29 is 19.1 Å². The molecule has 0 bridgehead atoms. The van der Waals surface area contributed by atoms with E-state index in [1.165, 1.54) is 0 Å². The van der Waals surface area contributed by atoms with E-state index in [0.717, 1.165) is 55.6 Å². The Morgan fingerprint density at radius 3 is 1.33 bits per heavy atom. The zero-order chi connectivity index (χ0) is 37.5. The third kappa shape index (κ3) is 5.85. The van der Waals surface area contributed by atoms with Gasteiger partial charge in [-0.15, -0.1) is 0 Å². The Kier molecular flexibility index (Phi) is 8.62. The molecule has 2 heterocycles. The lowest BCUT2D eigenvalue weighted by molar-refractivity contribution is -0.119. The topological polar surface area (TPSA) is 152 Å². The van der Waals surface area contributed by atoms with Gasteiger partial charge in [-0.1, -0.05) is 39.8 Å². The monoisotopic (exact) mass is 684 g/mol. The van der Waals surface area contributed by atoms with Gasteiger partial charge in [0, 0.05) is 36.8 Å². The van der Waals surface area contributed by atoms with Crippen molar-refractivity contribution in [1.82, 2.24) is 0 Å². The highest BCUT2D eigenvalue weighted by atomic mass is 16.5. The minimum Gasteiger partial charge on any atom is -0.444 e. The second-order valence-corrected chi connectivity index (χ2v) is 16.6. The van der Waals surface area contributed by atoms with Gasteiger partial charge in [-0.2, -0.15) is 10.5 Å². The quantitative estimate of drug-likeness (QED) is 0.328. The van der Waals surface area contributed by atoms with Gasteiger partial charge >= 0.3 is 0 Å².